The summed E-state index contributed by atoms with van der Waals surface area (Å²) in [6.45, 7) is 10.1. The number of ether oxygens (including phenoxy) is 2. The molecule has 0 radical (unpaired) electrons. The van der Waals surface area contributed by atoms with Crippen molar-refractivity contribution < 1.29 is 28.7 Å². The van der Waals surface area contributed by atoms with Crippen molar-refractivity contribution in [2.24, 2.45) is 29.1 Å². The van der Waals surface area contributed by atoms with Gasteiger partial charge in [0.1, 0.15) is 23.7 Å². The third-order valence-corrected chi connectivity index (χ3v) is 16.1. The number of aromatic amines is 2. The van der Waals surface area contributed by atoms with Crippen LogP contribution in [-0.4, -0.2) is 92.1 Å². The van der Waals surface area contributed by atoms with Crippen molar-refractivity contribution in [3.05, 3.63) is 72.1 Å². The Balaban J connectivity index is 0.974. The van der Waals surface area contributed by atoms with E-state index in [-0.39, 0.29) is 53.2 Å². The highest BCUT2D eigenvalue weighted by Gasteiger charge is 2.53. The molecule has 2 aliphatic heterocycles. The molecular formula is C52H68N8O6. The third-order valence-electron chi connectivity index (χ3n) is 16.1. The molecule has 352 valence electrons. The van der Waals surface area contributed by atoms with E-state index in [1.54, 1.807) is 0 Å². The van der Waals surface area contributed by atoms with Gasteiger partial charge in [0.05, 0.1) is 50.1 Å². The Hall–Kier alpha value is -5.66. The van der Waals surface area contributed by atoms with E-state index in [0.717, 1.165) is 96.7 Å². The number of carbonyl (C=O) groups excluding carboxylic acids is 4. The molecule has 4 N–H and O–H groups in total. The Morgan fingerprint density at radius 3 is 1.68 bits per heavy atom. The number of methoxy groups -OCH3 is 2. The first-order valence-corrected chi connectivity index (χ1v) is 24.5. The van der Waals surface area contributed by atoms with Gasteiger partial charge in [-0.15, -0.1) is 0 Å². The molecule has 9 rings (SSSR count). The number of hydrogen-bond donors (Lipinski definition) is 4. The maximum atomic E-state index is 14.2. The second kappa shape index (κ2) is 18.6. The molecule has 2 saturated heterocycles. The zero-order valence-corrected chi connectivity index (χ0v) is 39.7. The first kappa shape index (κ1) is 45.5. The summed E-state index contributed by atoms with van der Waals surface area (Å²) in [6, 6.07) is 13.9. The van der Waals surface area contributed by atoms with Crippen LogP contribution in [0.3, 0.4) is 0 Å². The lowest BCUT2D eigenvalue weighted by Crippen LogP contribution is -2.54. The molecule has 14 heteroatoms. The Bertz CT molecular complexity index is 2420. The van der Waals surface area contributed by atoms with Gasteiger partial charge in [0.2, 0.25) is 11.8 Å². The molecule has 2 aromatic carbocycles. The molecule has 4 aromatic rings. The van der Waals surface area contributed by atoms with Crippen molar-refractivity contribution in [1.82, 2.24) is 40.4 Å². The quantitative estimate of drug-likeness (QED) is 0.0968. The highest BCUT2D eigenvalue weighted by Crippen LogP contribution is 2.52. The van der Waals surface area contributed by atoms with Crippen LogP contribution in [0.2, 0.25) is 0 Å². The zero-order valence-electron chi connectivity index (χ0n) is 39.7. The van der Waals surface area contributed by atoms with Crippen LogP contribution in [0.25, 0.3) is 33.6 Å². The van der Waals surface area contributed by atoms with Crippen LogP contribution in [-0.2, 0) is 25.5 Å². The summed E-state index contributed by atoms with van der Waals surface area (Å²) in [7, 11) is 2.64. The molecule has 3 saturated carbocycles. The normalized spacial score (nSPS) is 24.9. The van der Waals surface area contributed by atoms with E-state index in [0.29, 0.717) is 11.8 Å². The average Bonchev–Trinajstić information content (AvgIpc) is 4.19. The summed E-state index contributed by atoms with van der Waals surface area (Å²) in [5.41, 5.74) is 7.81. The minimum absolute atomic E-state index is 0.0777. The Kier molecular flexibility index (Phi) is 12.8. The molecule has 66 heavy (non-hydrogen) atoms. The molecule has 0 unspecified atom stereocenters. The second-order valence-electron chi connectivity index (χ2n) is 20.6. The molecule has 5 fully saturated rings. The number of piperidine rings is 2. The number of likely N-dealkylation sites (tertiary alicyclic amines) is 2. The average molecular weight is 901 g/mol. The first-order chi connectivity index (χ1) is 31.8. The van der Waals surface area contributed by atoms with Gasteiger partial charge in [-0.3, -0.25) is 9.59 Å². The van der Waals surface area contributed by atoms with Gasteiger partial charge in [-0.1, -0.05) is 96.3 Å². The summed E-state index contributed by atoms with van der Waals surface area (Å²) in [4.78, 5) is 74.0. The van der Waals surface area contributed by atoms with Crippen LogP contribution in [0.1, 0.15) is 135 Å². The van der Waals surface area contributed by atoms with Gasteiger partial charge >= 0.3 is 12.2 Å². The van der Waals surface area contributed by atoms with Crippen LogP contribution in [0.15, 0.2) is 54.9 Å². The standard InChI is InChI=1S/C52H68N8O6/c1-8-52(21-9-10-22-52)26-36-23-33(17-20-39(36)41-28-54-47(56-41)45-35-16-19-38(25-35)60(45)49(62)43(30(4)5)58-51(64)66-7)31-11-13-32(14-12-31)40-27-53-46(55-40)44-34-15-18-37(24-34)59(44)48(61)42(29(2)3)57-50(63)65-6/h11-14,17,20,23,27-30,34-35,37-38,42-45H,8-10,15-16,18-19,21-22,24-26H2,1-7H3,(H,53,55)(H,54,56)(H,57,63)(H,58,64)/t34-,35-,37+,38+,42-,43-,44-,45-/m0/s1. The summed E-state index contributed by atoms with van der Waals surface area (Å²) in [5, 5.41) is 5.59. The maximum absolute atomic E-state index is 14.2. The van der Waals surface area contributed by atoms with Crippen LogP contribution in [0.5, 0.6) is 0 Å². The summed E-state index contributed by atoms with van der Waals surface area (Å²) in [5.74, 6) is 1.83. The lowest BCUT2D eigenvalue weighted by Gasteiger charge is -2.37. The van der Waals surface area contributed by atoms with Gasteiger partial charge in [0.15, 0.2) is 0 Å². The summed E-state index contributed by atoms with van der Waals surface area (Å²) < 4.78 is 9.75. The van der Waals surface area contributed by atoms with Gasteiger partial charge in [0, 0.05) is 17.6 Å². The van der Waals surface area contributed by atoms with E-state index in [1.165, 1.54) is 45.5 Å². The third kappa shape index (κ3) is 8.49. The number of rotatable bonds is 14. The number of nitrogens with zero attached hydrogens (tertiary/aromatic N) is 4. The number of carbonyl (C=O) groups is 4. The van der Waals surface area contributed by atoms with Crippen molar-refractivity contribution in [3.63, 3.8) is 0 Å². The van der Waals surface area contributed by atoms with Gasteiger partial charge < -0.3 is 39.9 Å². The molecule has 4 amide bonds. The molecule has 14 nitrogen and oxygen atoms in total. The van der Waals surface area contributed by atoms with Gasteiger partial charge in [-0.05, 0) is 109 Å². The fourth-order valence-electron chi connectivity index (χ4n) is 12.5. The van der Waals surface area contributed by atoms with Gasteiger partial charge in [-0.2, -0.15) is 0 Å². The number of alkyl carbamates (subject to hydrolysis) is 2. The second-order valence-corrected chi connectivity index (χ2v) is 20.6. The number of hydrogen-bond acceptors (Lipinski definition) is 8. The minimum Gasteiger partial charge on any atom is -0.453 e. The van der Waals surface area contributed by atoms with Crippen molar-refractivity contribution in [1.29, 1.82) is 0 Å². The van der Waals surface area contributed by atoms with Crippen LogP contribution in [0, 0.1) is 29.1 Å². The summed E-state index contributed by atoms with van der Waals surface area (Å²) in [6.07, 6.45) is 15.5. The van der Waals surface area contributed by atoms with Crippen molar-refractivity contribution >= 4 is 24.0 Å². The number of amides is 4. The van der Waals surface area contributed by atoms with Crippen LogP contribution in [0.4, 0.5) is 9.59 Å². The molecule has 0 spiro atoms. The topological polar surface area (TPSA) is 175 Å². The zero-order chi connectivity index (χ0) is 46.4. The number of H-pyrrole nitrogens is 2. The molecular weight excluding hydrogens is 833 g/mol. The molecule has 8 atom stereocenters. The monoisotopic (exact) mass is 901 g/mol. The number of imidazole rings is 2. The number of nitrogens with one attached hydrogen (secondary N) is 4. The smallest absolute Gasteiger partial charge is 0.407 e. The Morgan fingerprint density at radius 2 is 1.18 bits per heavy atom. The van der Waals surface area contributed by atoms with E-state index in [2.05, 4.69) is 70.0 Å². The SMILES string of the molecule is CCC1(Cc2cc(-c3ccc(-c4cnc([C@@H]5[C@H]6CC[C@H](C6)N5C(=O)[C@@H](NC(=O)OC)C(C)C)[nH]4)cc3)ccc2-c2cnc([C@@H]3[C@H]4CC[C@H](C4)N3C(=O)[C@@H](NC(=O)OC)C(C)C)[nH]2)CCCC1. The van der Waals surface area contributed by atoms with Crippen molar-refractivity contribution in [2.75, 3.05) is 14.2 Å². The van der Waals surface area contributed by atoms with E-state index in [4.69, 9.17) is 19.4 Å². The molecule has 4 heterocycles. The number of fused-ring (bicyclic) bond motifs is 4. The number of aromatic nitrogens is 4. The molecule has 5 aliphatic rings. The molecule has 2 aromatic heterocycles. The fraction of sp³-hybridized carbons (Fsp3) is 0.577. The Morgan fingerprint density at radius 1 is 0.697 bits per heavy atom. The molecule has 3 aliphatic carbocycles. The maximum Gasteiger partial charge on any atom is 0.407 e. The van der Waals surface area contributed by atoms with Crippen molar-refractivity contribution in [2.45, 2.75) is 148 Å². The largest absolute Gasteiger partial charge is 0.453 e. The van der Waals surface area contributed by atoms with E-state index < -0.39 is 24.3 Å². The lowest BCUT2D eigenvalue weighted by atomic mass is 9.76. The fourth-order valence-corrected chi connectivity index (χ4v) is 12.5. The predicted octanol–water partition coefficient (Wildman–Crippen LogP) is 9.51. The first-order valence-electron chi connectivity index (χ1n) is 24.5. The highest BCUT2D eigenvalue weighted by molar-refractivity contribution is 5.88. The van der Waals surface area contributed by atoms with E-state index in [9.17, 15) is 19.2 Å². The summed E-state index contributed by atoms with van der Waals surface area (Å²) >= 11 is 0. The van der Waals surface area contributed by atoms with Crippen LogP contribution < -0.4 is 10.6 Å². The predicted molar refractivity (Wildman–Crippen MR) is 252 cm³/mol. The molecule has 4 bridgehead atoms. The highest BCUT2D eigenvalue weighted by atomic mass is 16.5. The number of benzene rings is 2. The lowest BCUT2D eigenvalue weighted by molar-refractivity contribution is -0.140. The van der Waals surface area contributed by atoms with Crippen LogP contribution >= 0.6 is 0 Å². The Labute approximate surface area is 388 Å². The van der Waals surface area contributed by atoms with Gasteiger partial charge in [-0.25, -0.2) is 19.6 Å². The minimum atomic E-state index is -0.687. The van der Waals surface area contributed by atoms with E-state index in [1.807, 2.05) is 49.9 Å². The van der Waals surface area contributed by atoms with Crippen molar-refractivity contribution in [3.8, 4) is 33.6 Å². The van der Waals surface area contributed by atoms with E-state index >= 15 is 0 Å². The van der Waals surface area contributed by atoms with Gasteiger partial charge in [0.25, 0.3) is 0 Å².